The molecule has 6 nitrogen and oxygen atoms in total. The van der Waals surface area contributed by atoms with Gasteiger partial charge in [0.15, 0.2) is 0 Å². The number of carbonyl (C=O) groups is 2. The molecule has 4 unspecified atom stereocenters. The Kier molecular flexibility index (Phi) is 4.48. The second-order valence-corrected chi connectivity index (χ2v) is 8.32. The Morgan fingerprint density at radius 2 is 1.89 bits per heavy atom. The number of imide groups is 1. The number of nitrogens with zero attached hydrogens (tertiary/aromatic N) is 2. The van der Waals surface area contributed by atoms with Crippen LogP contribution in [0, 0.1) is 17.8 Å². The van der Waals surface area contributed by atoms with Gasteiger partial charge < -0.3 is 10.5 Å². The van der Waals surface area contributed by atoms with Crippen molar-refractivity contribution >= 4 is 11.8 Å². The van der Waals surface area contributed by atoms with Gasteiger partial charge in [-0.15, -0.1) is 0 Å². The molecule has 0 spiro atoms. The Balaban J connectivity index is 1.42. The van der Waals surface area contributed by atoms with E-state index in [-0.39, 0.29) is 29.7 Å². The number of ether oxygens (including phenoxy) is 1. The quantitative estimate of drug-likeness (QED) is 0.716. The summed E-state index contributed by atoms with van der Waals surface area (Å²) in [6, 6.07) is -0.500. The van der Waals surface area contributed by atoms with Crippen LogP contribution in [-0.2, 0) is 14.3 Å². The number of hydrogen-bond donors (Lipinski definition) is 1. The van der Waals surface area contributed by atoms with Gasteiger partial charge in [0.2, 0.25) is 11.8 Å². The van der Waals surface area contributed by atoms with Crippen molar-refractivity contribution in [2.45, 2.75) is 37.2 Å². The SMILES string of the molecule is CN1C(=O)C2CN(C3CO[C@H](C4C=C(F)C=C[C@@]4(C)F)[C@@H](N)C3)CC2C1=O. The molecule has 0 aromatic rings. The lowest BCUT2D eigenvalue weighted by atomic mass is 9.78. The van der Waals surface area contributed by atoms with Crippen molar-refractivity contribution < 1.29 is 23.1 Å². The molecule has 4 rings (SSSR count). The third-order valence-electron chi connectivity index (χ3n) is 6.52. The van der Waals surface area contributed by atoms with Gasteiger partial charge in [0.1, 0.15) is 11.5 Å². The summed E-state index contributed by atoms with van der Waals surface area (Å²) in [5.74, 6) is -2.13. The van der Waals surface area contributed by atoms with Gasteiger partial charge in [-0.2, -0.15) is 0 Å². The van der Waals surface area contributed by atoms with Crippen molar-refractivity contribution in [3.63, 3.8) is 0 Å². The second-order valence-electron chi connectivity index (χ2n) is 8.32. The number of fused-ring (bicyclic) bond motifs is 1. The Labute approximate surface area is 157 Å². The number of allylic oxidation sites excluding steroid dienone is 3. The Morgan fingerprint density at radius 3 is 2.48 bits per heavy atom. The van der Waals surface area contributed by atoms with Crippen LogP contribution in [0.5, 0.6) is 0 Å². The summed E-state index contributed by atoms with van der Waals surface area (Å²) in [6.07, 6.45) is 3.52. The van der Waals surface area contributed by atoms with Gasteiger partial charge in [-0.3, -0.25) is 19.4 Å². The van der Waals surface area contributed by atoms with Crippen LogP contribution in [0.3, 0.4) is 0 Å². The molecular weight excluding hydrogens is 356 g/mol. The zero-order chi connectivity index (χ0) is 19.5. The third-order valence-corrected chi connectivity index (χ3v) is 6.52. The predicted molar refractivity (Wildman–Crippen MR) is 93.8 cm³/mol. The van der Waals surface area contributed by atoms with Gasteiger partial charge in [0.25, 0.3) is 0 Å². The lowest BCUT2D eigenvalue weighted by Crippen LogP contribution is -2.57. The number of nitrogens with two attached hydrogens (primary N) is 1. The molecule has 7 atom stereocenters. The van der Waals surface area contributed by atoms with E-state index in [2.05, 4.69) is 4.90 Å². The Hall–Kier alpha value is -1.64. The van der Waals surface area contributed by atoms with Crippen LogP contribution in [0.1, 0.15) is 13.3 Å². The number of amides is 2. The summed E-state index contributed by atoms with van der Waals surface area (Å²) in [4.78, 5) is 27.7. The maximum Gasteiger partial charge on any atom is 0.234 e. The summed E-state index contributed by atoms with van der Waals surface area (Å²) >= 11 is 0. The molecule has 4 aliphatic rings. The molecular formula is C19H25F2N3O3. The van der Waals surface area contributed by atoms with E-state index in [0.29, 0.717) is 26.1 Å². The first kappa shape index (κ1) is 18.7. The first-order valence-electron chi connectivity index (χ1n) is 9.37. The third kappa shape index (κ3) is 3.03. The number of likely N-dealkylation sites (tertiary alicyclic amines) is 2. The van der Waals surface area contributed by atoms with Crippen LogP contribution >= 0.6 is 0 Å². The zero-order valence-electron chi connectivity index (χ0n) is 15.5. The van der Waals surface area contributed by atoms with Crippen LogP contribution < -0.4 is 5.73 Å². The summed E-state index contributed by atoms with van der Waals surface area (Å²) in [6.45, 7) is 2.73. The molecule has 0 saturated carbocycles. The minimum absolute atomic E-state index is 0.0356. The van der Waals surface area contributed by atoms with Crippen molar-refractivity contribution in [1.29, 1.82) is 0 Å². The van der Waals surface area contributed by atoms with E-state index in [1.54, 1.807) is 0 Å². The van der Waals surface area contributed by atoms with Crippen molar-refractivity contribution in [3.8, 4) is 0 Å². The van der Waals surface area contributed by atoms with Gasteiger partial charge in [-0.25, -0.2) is 8.78 Å². The zero-order valence-corrected chi connectivity index (χ0v) is 15.5. The van der Waals surface area contributed by atoms with Gasteiger partial charge in [0, 0.05) is 38.1 Å². The van der Waals surface area contributed by atoms with Crippen molar-refractivity contribution in [3.05, 3.63) is 24.1 Å². The first-order valence-corrected chi connectivity index (χ1v) is 9.37. The maximum absolute atomic E-state index is 14.8. The fraction of sp³-hybridized carbons (Fsp3) is 0.684. The molecule has 3 saturated heterocycles. The largest absolute Gasteiger partial charge is 0.374 e. The standard InChI is InChI=1S/C19H25F2N3O3/c1-19(21)4-3-10(20)5-14(19)16-15(22)6-11(9-27-16)24-7-12-13(8-24)18(26)23(2)17(12)25/h3-5,11-16H,6-9,22H2,1-2H3/t11?,12?,13?,14?,15-,16+,19+/m0/s1. The van der Waals surface area contributed by atoms with E-state index in [9.17, 15) is 18.4 Å². The van der Waals surface area contributed by atoms with Gasteiger partial charge >= 0.3 is 0 Å². The molecule has 3 fully saturated rings. The molecule has 27 heavy (non-hydrogen) atoms. The first-order chi connectivity index (χ1) is 12.7. The Bertz CT molecular complexity index is 699. The molecule has 3 heterocycles. The van der Waals surface area contributed by atoms with Crippen LogP contribution in [0.15, 0.2) is 24.1 Å². The minimum atomic E-state index is -1.72. The number of halogens is 2. The number of carbonyl (C=O) groups excluding carboxylic acids is 2. The van der Waals surface area contributed by atoms with Crippen molar-refractivity contribution in [2.24, 2.45) is 23.5 Å². The minimum Gasteiger partial charge on any atom is -0.374 e. The molecule has 0 aromatic heterocycles. The average Bonchev–Trinajstić information content (AvgIpc) is 3.14. The van der Waals surface area contributed by atoms with Crippen LogP contribution in [-0.4, -0.2) is 72.2 Å². The fourth-order valence-corrected chi connectivity index (χ4v) is 4.89. The molecule has 0 radical (unpaired) electrons. The van der Waals surface area contributed by atoms with E-state index in [4.69, 9.17) is 10.5 Å². The monoisotopic (exact) mass is 381 g/mol. The van der Waals surface area contributed by atoms with Crippen molar-refractivity contribution in [2.75, 3.05) is 26.7 Å². The topological polar surface area (TPSA) is 75.9 Å². The summed E-state index contributed by atoms with van der Waals surface area (Å²) in [7, 11) is 1.52. The molecule has 0 aromatic carbocycles. The Morgan fingerprint density at radius 1 is 1.26 bits per heavy atom. The maximum atomic E-state index is 14.8. The highest BCUT2D eigenvalue weighted by atomic mass is 19.1. The molecule has 2 amide bonds. The molecule has 0 bridgehead atoms. The number of alkyl halides is 1. The van der Waals surface area contributed by atoms with Crippen molar-refractivity contribution in [1.82, 2.24) is 9.80 Å². The molecule has 3 aliphatic heterocycles. The molecule has 148 valence electrons. The lowest BCUT2D eigenvalue weighted by Gasteiger charge is -2.44. The van der Waals surface area contributed by atoms with E-state index < -0.39 is 29.6 Å². The number of hydrogen-bond acceptors (Lipinski definition) is 5. The van der Waals surface area contributed by atoms with Gasteiger partial charge in [0.05, 0.1) is 24.5 Å². The smallest absolute Gasteiger partial charge is 0.234 e. The highest BCUT2D eigenvalue weighted by Gasteiger charge is 2.53. The molecule has 8 heteroatoms. The fourth-order valence-electron chi connectivity index (χ4n) is 4.89. The van der Waals surface area contributed by atoms with E-state index >= 15 is 0 Å². The van der Waals surface area contributed by atoms with E-state index in [0.717, 1.165) is 6.08 Å². The van der Waals surface area contributed by atoms with Crippen LogP contribution in [0.4, 0.5) is 8.78 Å². The van der Waals surface area contributed by atoms with E-state index in [1.165, 1.54) is 31.0 Å². The lowest BCUT2D eigenvalue weighted by molar-refractivity contribution is -0.139. The molecule has 2 N–H and O–H groups in total. The van der Waals surface area contributed by atoms with Crippen LogP contribution in [0.2, 0.25) is 0 Å². The highest BCUT2D eigenvalue weighted by molar-refractivity contribution is 6.05. The number of rotatable bonds is 2. The summed E-state index contributed by atoms with van der Waals surface area (Å²) in [5.41, 5.74) is 4.57. The summed E-state index contributed by atoms with van der Waals surface area (Å²) in [5, 5.41) is 0. The predicted octanol–water partition coefficient (Wildman–Crippen LogP) is 0.785. The normalized spacial score (nSPS) is 45.4. The highest BCUT2D eigenvalue weighted by Crippen LogP contribution is 2.39. The average molecular weight is 381 g/mol. The second kappa shape index (κ2) is 6.46. The van der Waals surface area contributed by atoms with Gasteiger partial charge in [-0.1, -0.05) is 0 Å². The summed E-state index contributed by atoms with van der Waals surface area (Å²) < 4.78 is 34.4. The van der Waals surface area contributed by atoms with Gasteiger partial charge in [-0.05, 0) is 31.6 Å². The molecule has 1 aliphatic carbocycles. The van der Waals surface area contributed by atoms with Crippen LogP contribution in [0.25, 0.3) is 0 Å². The van der Waals surface area contributed by atoms with E-state index in [1.807, 2.05) is 0 Å².